The molecule has 0 aliphatic carbocycles. The standard InChI is InChI=1S/C22H21N3O4/c1-14-3-5-16(6-4-14)12-23-22(27)15(2)25-21(26)10-8-18(24-25)17-7-9-19-20(11-17)29-13-28-19/h3-11,15H,12-13H2,1-2H3,(H,23,27). The topological polar surface area (TPSA) is 82.5 Å². The summed E-state index contributed by atoms with van der Waals surface area (Å²) < 4.78 is 11.9. The highest BCUT2D eigenvalue weighted by molar-refractivity contribution is 5.79. The van der Waals surface area contributed by atoms with Crippen molar-refractivity contribution in [3.8, 4) is 22.8 Å². The van der Waals surface area contributed by atoms with Crippen molar-refractivity contribution < 1.29 is 14.3 Å². The molecule has 1 amide bonds. The van der Waals surface area contributed by atoms with Gasteiger partial charge in [-0.15, -0.1) is 0 Å². The van der Waals surface area contributed by atoms with Gasteiger partial charge in [-0.1, -0.05) is 29.8 Å². The van der Waals surface area contributed by atoms with E-state index in [0.717, 1.165) is 16.7 Å². The number of hydrogen-bond acceptors (Lipinski definition) is 5. The van der Waals surface area contributed by atoms with E-state index in [1.807, 2.05) is 43.3 Å². The molecule has 0 bridgehead atoms. The minimum atomic E-state index is -0.748. The maximum atomic E-state index is 12.6. The molecule has 0 saturated heterocycles. The van der Waals surface area contributed by atoms with Crippen molar-refractivity contribution in [1.82, 2.24) is 15.1 Å². The number of aryl methyl sites for hydroxylation is 1. The molecule has 1 unspecified atom stereocenters. The van der Waals surface area contributed by atoms with Gasteiger partial charge >= 0.3 is 0 Å². The van der Waals surface area contributed by atoms with Crippen LogP contribution in [-0.4, -0.2) is 22.5 Å². The second-order valence-corrected chi connectivity index (χ2v) is 6.95. The summed E-state index contributed by atoms with van der Waals surface area (Å²) >= 11 is 0. The maximum absolute atomic E-state index is 12.6. The minimum Gasteiger partial charge on any atom is -0.454 e. The SMILES string of the molecule is Cc1ccc(CNC(=O)C(C)n2nc(-c3ccc4c(c3)OCO4)ccc2=O)cc1. The summed E-state index contributed by atoms with van der Waals surface area (Å²) in [6.45, 7) is 4.24. The van der Waals surface area contributed by atoms with Gasteiger partial charge in [0.05, 0.1) is 5.69 Å². The quantitative estimate of drug-likeness (QED) is 0.723. The number of aromatic nitrogens is 2. The second-order valence-electron chi connectivity index (χ2n) is 6.95. The number of hydrogen-bond donors (Lipinski definition) is 1. The van der Waals surface area contributed by atoms with E-state index in [4.69, 9.17) is 9.47 Å². The van der Waals surface area contributed by atoms with Gasteiger partial charge < -0.3 is 14.8 Å². The molecule has 148 valence electrons. The number of carbonyl (C=O) groups excluding carboxylic acids is 1. The van der Waals surface area contributed by atoms with E-state index >= 15 is 0 Å². The highest BCUT2D eigenvalue weighted by Gasteiger charge is 2.19. The summed E-state index contributed by atoms with van der Waals surface area (Å²) in [4.78, 5) is 24.9. The zero-order valence-electron chi connectivity index (χ0n) is 16.2. The molecule has 1 N–H and O–H groups in total. The molecule has 1 aromatic heterocycles. The molecule has 7 nitrogen and oxygen atoms in total. The van der Waals surface area contributed by atoms with Crippen LogP contribution in [0.3, 0.4) is 0 Å². The van der Waals surface area contributed by atoms with Gasteiger partial charge in [0.25, 0.3) is 5.56 Å². The van der Waals surface area contributed by atoms with Crippen molar-refractivity contribution in [1.29, 1.82) is 0 Å². The average molecular weight is 391 g/mol. The van der Waals surface area contributed by atoms with Crippen LogP contribution in [-0.2, 0) is 11.3 Å². The van der Waals surface area contributed by atoms with Gasteiger partial charge in [0.15, 0.2) is 11.5 Å². The summed E-state index contributed by atoms with van der Waals surface area (Å²) in [5, 5.41) is 7.26. The first-order valence-corrected chi connectivity index (χ1v) is 9.34. The molecule has 0 spiro atoms. The van der Waals surface area contributed by atoms with Gasteiger partial charge in [-0.3, -0.25) is 9.59 Å². The largest absolute Gasteiger partial charge is 0.454 e. The van der Waals surface area contributed by atoms with Gasteiger partial charge in [-0.25, -0.2) is 4.68 Å². The number of nitrogens with one attached hydrogen (secondary N) is 1. The van der Waals surface area contributed by atoms with Crippen LogP contribution in [0.4, 0.5) is 0 Å². The van der Waals surface area contributed by atoms with Crippen molar-refractivity contribution in [2.24, 2.45) is 0 Å². The number of nitrogens with zero attached hydrogens (tertiary/aromatic N) is 2. The first kappa shape index (κ1) is 18.7. The van der Waals surface area contributed by atoms with E-state index in [0.29, 0.717) is 23.7 Å². The molecular formula is C22H21N3O4. The van der Waals surface area contributed by atoms with Crippen LogP contribution in [0.5, 0.6) is 11.5 Å². The molecule has 1 atom stereocenters. The van der Waals surface area contributed by atoms with Crippen LogP contribution in [0.25, 0.3) is 11.3 Å². The Morgan fingerprint density at radius 1 is 1.10 bits per heavy atom. The lowest BCUT2D eigenvalue weighted by Crippen LogP contribution is -2.36. The van der Waals surface area contributed by atoms with Gasteiger partial charge in [0.2, 0.25) is 12.7 Å². The van der Waals surface area contributed by atoms with Crippen molar-refractivity contribution in [3.63, 3.8) is 0 Å². The van der Waals surface area contributed by atoms with Crippen molar-refractivity contribution >= 4 is 5.91 Å². The molecule has 1 aliphatic heterocycles. The van der Waals surface area contributed by atoms with E-state index in [9.17, 15) is 9.59 Å². The third-order valence-corrected chi connectivity index (χ3v) is 4.83. The third kappa shape index (κ3) is 3.99. The Morgan fingerprint density at radius 2 is 1.86 bits per heavy atom. The summed E-state index contributed by atoms with van der Waals surface area (Å²) in [5.41, 5.74) is 3.15. The Hall–Kier alpha value is -3.61. The molecule has 2 aromatic carbocycles. The summed E-state index contributed by atoms with van der Waals surface area (Å²) in [5.74, 6) is 1.03. The van der Waals surface area contributed by atoms with Crippen molar-refractivity contribution in [3.05, 3.63) is 76.1 Å². The Labute approximate surface area is 167 Å². The zero-order chi connectivity index (χ0) is 20.4. The molecule has 0 radical (unpaired) electrons. The number of fused-ring (bicyclic) bond motifs is 1. The number of rotatable bonds is 5. The number of carbonyl (C=O) groups is 1. The highest BCUT2D eigenvalue weighted by atomic mass is 16.7. The van der Waals surface area contributed by atoms with Gasteiger partial charge in [-0.05, 0) is 43.7 Å². The van der Waals surface area contributed by atoms with E-state index in [2.05, 4.69) is 10.4 Å². The fourth-order valence-corrected chi connectivity index (χ4v) is 3.07. The van der Waals surface area contributed by atoms with Crippen LogP contribution in [0.2, 0.25) is 0 Å². The molecule has 2 heterocycles. The summed E-state index contributed by atoms with van der Waals surface area (Å²) in [7, 11) is 0. The minimum absolute atomic E-state index is 0.184. The normalized spacial score (nSPS) is 13.2. The van der Waals surface area contributed by atoms with Crippen LogP contribution in [0.15, 0.2) is 59.4 Å². The molecule has 1 aliphatic rings. The molecular weight excluding hydrogens is 370 g/mol. The van der Waals surface area contributed by atoms with Crippen LogP contribution in [0.1, 0.15) is 24.1 Å². The van der Waals surface area contributed by atoms with Crippen LogP contribution >= 0.6 is 0 Å². The van der Waals surface area contributed by atoms with E-state index in [-0.39, 0.29) is 18.3 Å². The summed E-state index contributed by atoms with van der Waals surface area (Å²) in [6, 6.07) is 15.7. The maximum Gasteiger partial charge on any atom is 0.267 e. The van der Waals surface area contributed by atoms with Gasteiger partial charge in [0.1, 0.15) is 6.04 Å². The van der Waals surface area contributed by atoms with Gasteiger partial charge in [0, 0.05) is 18.2 Å². The van der Waals surface area contributed by atoms with Crippen molar-refractivity contribution in [2.75, 3.05) is 6.79 Å². The Balaban J connectivity index is 1.52. The lowest BCUT2D eigenvalue weighted by Gasteiger charge is -2.15. The van der Waals surface area contributed by atoms with E-state index in [1.54, 1.807) is 19.1 Å². The third-order valence-electron chi connectivity index (χ3n) is 4.83. The number of benzene rings is 2. The molecule has 3 aromatic rings. The Bertz CT molecular complexity index is 1110. The van der Waals surface area contributed by atoms with Crippen LogP contribution < -0.4 is 20.3 Å². The average Bonchev–Trinajstić information content (AvgIpc) is 3.21. The molecule has 0 fully saturated rings. The predicted molar refractivity (Wildman–Crippen MR) is 108 cm³/mol. The Kier molecular flexibility index (Phi) is 5.03. The molecule has 7 heteroatoms. The first-order chi connectivity index (χ1) is 14.0. The fourth-order valence-electron chi connectivity index (χ4n) is 3.07. The lowest BCUT2D eigenvalue weighted by atomic mass is 10.1. The summed E-state index contributed by atoms with van der Waals surface area (Å²) in [6.07, 6.45) is 0. The van der Waals surface area contributed by atoms with E-state index in [1.165, 1.54) is 10.7 Å². The number of ether oxygens (including phenoxy) is 2. The molecule has 4 rings (SSSR count). The zero-order valence-corrected chi connectivity index (χ0v) is 16.2. The van der Waals surface area contributed by atoms with Crippen molar-refractivity contribution in [2.45, 2.75) is 26.4 Å². The van der Waals surface area contributed by atoms with E-state index < -0.39 is 6.04 Å². The second kappa shape index (κ2) is 7.79. The smallest absolute Gasteiger partial charge is 0.267 e. The molecule has 29 heavy (non-hydrogen) atoms. The Morgan fingerprint density at radius 3 is 2.66 bits per heavy atom. The van der Waals surface area contributed by atoms with Gasteiger partial charge in [-0.2, -0.15) is 5.10 Å². The lowest BCUT2D eigenvalue weighted by molar-refractivity contribution is -0.124. The predicted octanol–water partition coefficient (Wildman–Crippen LogP) is 2.82. The number of amides is 1. The first-order valence-electron chi connectivity index (χ1n) is 9.34. The highest BCUT2D eigenvalue weighted by Crippen LogP contribution is 2.35. The monoisotopic (exact) mass is 391 g/mol. The van der Waals surface area contributed by atoms with Crippen LogP contribution in [0, 0.1) is 6.92 Å². The fraction of sp³-hybridized carbons (Fsp3) is 0.227. The molecule has 0 saturated carbocycles.